The van der Waals surface area contributed by atoms with E-state index in [4.69, 9.17) is 4.74 Å². The van der Waals surface area contributed by atoms with Crippen LogP contribution in [0.25, 0.3) is 5.57 Å². The van der Waals surface area contributed by atoms with E-state index in [1.165, 1.54) is 11.3 Å². The topological polar surface area (TPSA) is 49.9 Å². The number of rotatable bonds is 6. The summed E-state index contributed by atoms with van der Waals surface area (Å²) in [6, 6.07) is 7.38. The van der Waals surface area contributed by atoms with Gasteiger partial charge in [0.1, 0.15) is 11.4 Å². The van der Waals surface area contributed by atoms with Crippen LogP contribution in [0.15, 0.2) is 30.0 Å². The van der Waals surface area contributed by atoms with Crippen LogP contribution in [0, 0.1) is 5.92 Å². The van der Waals surface area contributed by atoms with Gasteiger partial charge in [0.2, 0.25) is 0 Å². The van der Waals surface area contributed by atoms with E-state index < -0.39 is 0 Å². The second-order valence-electron chi connectivity index (χ2n) is 7.86. The molecule has 1 unspecified atom stereocenters. The standard InChI is InChI=1S/C22H30N2O3/c1-5-13-27-18-10-8-17(9-11-18)19-20(23-12-6-7-16(4)14-23)22(26)24(15(2)3)21(19)25/h8-11,15-16H,5-7,12-14H2,1-4H3. The summed E-state index contributed by atoms with van der Waals surface area (Å²) >= 11 is 0. The Morgan fingerprint density at radius 3 is 2.44 bits per heavy atom. The zero-order valence-electron chi connectivity index (χ0n) is 16.8. The number of carbonyl (C=O) groups excluding carboxylic acids is 2. The summed E-state index contributed by atoms with van der Waals surface area (Å²) in [5.41, 5.74) is 1.89. The Bertz CT molecular complexity index is 736. The van der Waals surface area contributed by atoms with Gasteiger partial charge in [0.15, 0.2) is 0 Å². The summed E-state index contributed by atoms with van der Waals surface area (Å²) in [5.74, 6) is 0.955. The maximum atomic E-state index is 13.1. The van der Waals surface area contributed by atoms with Crippen LogP contribution < -0.4 is 4.74 Å². The first-order chi connectivity index (χ1) is 12.9. The van der Waals surface area contributed by atoms with Gasteiger partial charge >= 0.3 is 0 Å². The average Bonchev–Trinajstić information content (AvgIpc) is 2.91. The fraction of sp³-hybridized carbons (Fsp3) is 0.545. The van der Waals surface area contributed by atoms with Crippen molar-refractivity contribution in [1.82, 2.24) is 9.80 Å². The van der Waals surface area contributed by atoms with Crippen molar-refractivity contribution in [2.75, 3.05) is 19.7 Å². The molecule has 5 heteroatoms. The van der Waals surface area contributed by atoms with E-state index in [0.29, 0.717) is 23.8 Å². The van der Waals surface area contributed by atoms with Crippen molar-refractivity contribution in [2.45, 2.75) is 53.0 Å². The molecular formula is C22H30N2O3. The number of hydrogen-bond acceptors (Lipinski definition) is 4. The van der Waals surface area contributed by atoms with Crippen LogP contribution in [-0.4, -0.2) is 47.4 Å². The van der Waals surface area contributed by atoms with E-state index in [9.17, 15) is 9.59 Å². The van der Waals surface area contributed by atoms with Crippen LogP contribution in [-0.2, 0) is 9.59 Å². The Balaban J connectivity index is 2.00. The molecule has 1 atom stereocenters. The maximum Gasteiger partial charge on any atom is 0.278 e. The van der Waals surface area contributed by atoms with Crippen LogP contribution in [0.1, 0.15) is 52.5 Å². The molecule has 0 radical (unpaired) electrons. The molecule has 5 nitrogen and oxygen atoms in total. The summed E-state index contributed by atoms with van der Waals surface area (Å²) in [6.07, 6.45) is 3.16. The van der Waals surface area contributed by atoms with Gasteiger partial charge in [-0.15, -0.1) is 0 Å². The van der Waals surface area contributed by atoms with Gasteiger partial charge in [-0.05, 0) is 56.7 Å². The molecule has 3 rings (SSSR count). The van der Waals surface area contributed by atoms with Crippen molar-refractivity contribution in [3.8, 4) is 5.75 Å². The van der Waals surface area contributed by atoms with Crippen molar-refractivity contribution >= 4 is 17.4 Å². The van der Waals surface area contributed by atoms with Crippen molar-refractivity contribution in [1.29, 1.82) is 0 Å². The maximum absolute atomic E-state index is 13.1. The second-order valence-corrected chi connectivity index (χ2v) is 7.86. The number of imide groups is 1. The minimum Gasteiger partial charge on any atom is -0.494 e. The molecule has 0 N–H and O–H groups in total. The molecule has 1 saturated heterocycles. The highest BCUT2D eigenvalue weighted by Crippen LogP contribution is 2.35. The number of ether oxygens (including phenoxy) is 1. The molecule has 1 aromatic rings. The molecule has 0 bridgehead atoms. The van der Waals surface area contributed by atoms with E-state index in [0.717, 1.165) is 37.2 Å². The molecule has 0 saturated carbocycles. The molecule has 27 heavy (non-hydrogen) atoms. The first-order valence-electron chi connectivity index (χ1n) is 10.0. The lowest BCUT2D eigenvalue weighted by atomic mass is 9.97. The monoisotopic (exact) mass is 370 g/mol. The van der Waals surface area contributed by atoms with Crippen molar-refractivity contribution < 1.29 is 14.3 Å². The summed E-state index contributed by atoms with van der Waals surface area (Å²) in [5, 5.41) is 0. The zero-order valence-corrected chi connectivity index (χ0v) is 16.8. The molecule has 0 aliphatic carbocycles. The Hall–Kier alpha value is -2.30. The molecule has 1 aromatic carbocycles. The Morgan fingerprint density at radius 1 is 1.15 bits per heavy atom. The predicted octanol–water partition coefficient (Wildman–Crippen LogP) is 3.70. The Morgan fingerprint density at radius 2 is 1.85 bits per heavy atom. The second kappa shape index (κ2) is 8.15. The molecule has 2 aliphatic heterocycles. The number of hydrogen-bond donors (Lipinski definition) is 0. The van der Waals surface area contributed by atoms with Gasteiger partial charge in [-0.2, -0.15) is 0 Å². The Kier molecular flexibility index (Phi) is 5.88. The number of benzene rings is 1. The molecule has 2 aliphatic rings. The summed E-state index contributed by atoms with van der Waals surface area (Å²) in [6.45, 7) is 10.3. The van der Waals surface area contributed by atoms with Gasteiger partial charge in [0, 0.05) is 19.1 Å². The molecular weight excluding hydrogens is 340 g/mol. The summed E-state index contributed by atoms with van der Waals surface area (Å²) < 4.78 is 5.65. The molecule has 0 aromatic heterocycles. The lowest BCUT2D eigenvalue weighted by molar-refractivity contribution is -0.139. The van der Waals surface area contributed by atoms with Gasteiger partial charge in [0.25, 0.3) is 11.8 Å². The van der Waals surface area contributed by atoms with Crippen molar-refractivity contribution in [3.05, 3.63) is 35.5 Å². The normalized spacial score (nSPS) is 20.9. The highest BCUT2D eigenvalue weighted by molar-refractivity contribution is 6.35. The van der Waals surface area contributed by atoms with Crippen LogP contribution in [0.3, 0.4) is 0 Å². The van der Waals surface area contributed by atoms with Gasteiger partial charge in [-0.1, -0.05) is 26.0 Å². The molecule has 2 amide bonds. The SMILES string of the molecule is CCCOc1ccc(C2=C(N3CCCC(C)C3)C(=O)N(C(C)C)C2=O)cc1. The number of amides is 2. The minimum atomic E-state index is -0.189. The molecule has 146 valence electrons. The third-order valence-corrected chi connectivity index (χ3v) is 5.20. The number of likely N-dealkylation sites (tertiary alicyclic amines) is 1. The van der Waals surface area contributed by atoms with Crippen LogP contribution in [0.4, 0.5) is 0 Å². The Labute approximate surface area is 162 Å². The largest absolute Gasteiger partial charge is 0.494 e. The lowest BCUT2D eigenvalue weighted by Crippen LogP contribution is -2.41. The highest BCUT2D eigenvalue weighted by atomic mass is 16.5. The third-order valence-electron chi connectivity index (χ3n) is 5.20. The summed E-state index contributed by atoms with van der Waals surface area (Å²) in [4.78, 5) is 29.8. The quantitative estimate of drug-likeness (QED) is 0.717. The van der Waals surface area contributed by atoms with Gasteiger partial charge < -0.3 is 9.64 Å². The highest BCUT2D eigenvalue weighted by Gasteiger charge is 2.43. The van der Waals surface area contributed by atoms with Crippen LogP contribution >= 0.6 is 0 Å². The zero-order chi connectivity index (χ0) is 19.6. The number of carbonyl (C=O) groups is 2. The minimum absolute atomic E-state index is 0.160. The van der Waals surface area contributed by atoms with Crippen LogP contribution in [0.2, 0.25) is 0 Å². The third kappa shape index (κ3) is 3.87. The lowest BCUT2D eigenvalue weighted by Gasteiger charge is -2.33. The van der Waals surface area contributed by atoms with E-state index in [1.807, 2.05) is 38.1 Å². The fourth-order valence-electron chi connectivity index (χ4n) is 3.89. The fourth-order valence-corrected chi connectivity index (χ4v) is 3.89. The predicted molar refractivity (Wildman–Crippen MR) is 106 cm³/mol. The molecule has 2 heterocycles. The van der Waals surface area contributed by atoms with E-state index in [-0.39, 0.29) is 17.9 Å². The van der Waals surface area contributed by atoms with Crippen LogP contribution in [0.5, 0.6) is 5.75 Å². The van der Waals surface area contributed by atoms with E-state index in [2.05, 4.69) is 18.7 Å². The number of piperidine rings is 1. The average molecular weight is 370 g/mol. The molecule has 1 fully saturated rings. The van der Waals surface area contributed by atoms with Crippen molar-refractivity contribution in [3.63, 3.8) is 0 Å². The van der Waals surface area contributed by atoms with Crippen molar-refractivity contribution in [2.24, 2.45) is 5.92 Å². The smallest absolute Gasteiger partial charge is 0.278 e. The first-order valence-corrected chi connectivity index (χ1v) is 10.0. The van der Waals surface area contributed by atoms with E-state index in [1.54, 1.807) is 0 Å². The van der Waals surface area contributed by atoms with Gasteiger partial charge in [-0.3, -0.25) is 14.5 Å². The number of nitrogens with zero attached hydrogens (tertiary/aromatic N) is 2. The van der Waals surface area contributed by atoms with Gasteiger partial charge in [0.05, 0.1) is 12.2 Å². The van der Waals surface area contributed by atoms with E-state index >= 15 is 0 Å². The summed E-state index contributed by atoms with van der Waals surface area (Å²) in [7, 11) is 0. The first kappa shape index (κ1) is 19.5. The molecule has 0 spiro atoms. The van der Waals surface area contributed by atoms with Gasteiger partial charge in [-0.25, -0.2) is 0 Å².